The van der Waals surface area contributed by atoms with Gasteiger partial charge in [0.15, 0.2) is 0 Å². The van der Waals surface area contributed by atoms with Gasteiger partial charge in [0.2, 0.25) is 11.8 Å². The predicted octanol–water partition coefficient (Wildman–Crippen LogP) is 3.34. The van der Waals surface area contributed by atoms with Crippen molar-refractivity contribution in [1.82, 2.24) is 9.80 Å². The molecule has 2 amide bonds. The van der Waals surface area contributed by atoms with Gasteiger partial charge >= 0.3 is 6.18 Å². The Kier molecular flexibility index (Phi) is 6.10. The Morgan fingerprint density at radius 3 is 2.31 bits per heavy atom. The van der Waals surface area contributed by atoms with E-state index in [1.807, 2.05) is 29.2 Å². The minimum absolute atomic E-state index is 0.0854. The van der Waals surface area contributed by atoms with E-state index >= 15 is 0 Å². The topological polar surface area (TPSA) is 53.1 Å². The standard InChI is InChI=1S/C23H24F3N3O3/c1-32-20-9-5-4-8-19(20)28-12-10-27(11-13-28)15-29-21(30)14-17(22(29)31)16-6-2-3-7-18(16)23(24,25)26/h2-9,17H,10-15H2,1H3. The van der Waals surface area contributed by atoms with Crippen LogP contribution in [0.1, 0.15) is 23.5 Å². The summed E-state index contributed by atoms with van der Waals surface area (Å²) in [7, 11) is 1.62. The first kappa shape index (κ1) is 22.1. The van der Waals surface area contributed by atoms with E-state index in [-0.39, 0.29) is 18.7 Å². The van der Waals surface area contributed by atoms with Crippen LogP contribution in [-0.4, -0.2) is 61.6 Å². The molecule has 0 aromatic heterocycles. The number of methoxy groups -OCH3 is 1. The number of piperazine rings is 1. The van der Waals surface area contributed by atoms with Crippen LogP contribution in [0.25, 0.3) is 0 Å². The number of likely N-dealkylation sites (tertiary alicyclic amines) is 1. The van der Waals surface area contributed by atoms with Crippen LogP contribution in [0.2, 0.25) is 0 Å². The molecule has 2 aliphatic heterocycles. The van der Waals surface area contributed by atoms with Crippen molar-refractivity contribution in [2.45, 2.75) is 18.5 Å². The molecule has 0 spiro atoms. The molecule has 32 heavy (non-hydrogen) atoms. The van der Waals surface area contributed by atoms with Crippen LogP contribution in [0.15, 0.2) is 48.5 Å². The number of alkyl halides is 3. The number of hydrogen-bond acceptors (Lipinski definition) is 5. The summed E-state index contributed by atoms with van der Waals surface area (Å²) in [5.41, 5.74) is -0.0212. The van der Waals surface area contributed by atoms with Crippen molar-refractivity contribution in [2.24, 2.45) is 0 Å². The molecular weight excluding hydrogens is 423 g/mol. The maximum Gasteiger partial charge on any atom is 0.416 e. The highest BCUT2D eigenvalue weighted by Gasteiger charge is 2.44. The lowest BCUT2D eigenvalue weighted by Gasteiger charge is -2.37. The maximum absolute atomic E-state index is 13.4. The molecule has 0 bridgehead atoms. The predicted molar refractivity (Wildman–Crippen MR) is 112 cm³/mol. The van der Waals surface area contributed by atoms with Crippen molar-refractivity contribution < 1.29 is 27.5 Å². The van der Waals surface area contributed by atoms with E-state index in [1.165, 1.54) is 18.2 Å². The van der Waals surface area contributed by atoms with Crippen LogP contribution in [0.3, 0.4) is 0 Å². The number of carbonyl (C=O) groups excluding carboxylic acids is 2. The highest BCUT2D eigenvalue weighted by Crippen LogP contribution is 2.39. The van der Waals surface area contributed by atoms with Crippen LogP contribution < -0.4 is 9.64 Å². The molecule has 2 aromatic carbocycles. The smallest absolute Gasteiger partial charge is 0.416 e. The number of hydrogen-bond donors (Lipinski definition) is 0. The first-order valence-corrected chi connectivity index (χ1v) is 10.4. The molecule has 6 nitrogen and oxygen atoms in total. The summed E-state index contributed by atoms with van der Waals surface area (Å²) >= 11 is 0. The van der Waals surface area contributed by atoms with E-state index in [4.69, 9.17) is 4.74 Å². The summed E-state index contributed by atoms with van der Waals surface area (Å²) in [5.74, 6) is -1.34. The highest BCUT2D eigenvalue weighted by molar-refractivity contribution is 6.06. The molecule has 0 saturated carbocycles. The van der Waals surface area contributed by atoms with E-state index in [0.29, 0.717) is 26.2 Å². The monoisotopic (exact) mass is 447 g/mol. The van der Waals surface area contributed by atoms with Crippen molar-refractivity contribution in [1.29, 1.82) is 0 Å². The van der Waals surface area contributed by atoms with E-state index in [1.54, 1.807) is 7.11 Å². The van der Waals surface area contributed by atoms with Gasteiger partial charge in [-0.15, -0.1) is 0 Å². The number of benzene rings is 2. The summed E-state index contributed by atoms with van der Waals surface area (Å²) < 4.78 is 45.6. The summed E-state index contributed by atoms with van der Waals surface area (Å²) in [6, 6.07) is 12.7. The molecule has 0 aliphatic carbocycles. The molecular formula is C23H24F3N3O3. The average Bonchev–Trinajstić information content (AvgIpc) is 3.07. The van der Waals surface area contributed by atoms with Crippen molar-refractivity contribution >= 4 is 17.5 Å². The number of ether oxygens (including phenoxy) is 1. The Hall–Kier alpha value is -3.07. The maximum atomic E-state index is 13.4. The zero-order valence-corrected chi connectivity index (χ0v) is 17.6. The molecule has 2 heterocycles. The molecule has 2 aliphatic rings. The van der Waals surface area contributed by atoms with Gasteiger partial charge in [-0.3, -0.25) is 19.4 Å². The van der Waals surface area contributed by atoms with Crippen molar-refractivity contribution in [3.63, 3.8) is 0 Å². The Bertz CT molecular complexity index is 1000. The largest absolute Gasteiger partial charge is 0.495 e. The fourth-order valence-electron chi connectivity index (χ4n) is 4.35. The number of para-hydroxylation sites is 2. The Labute approximate surface area is 184 Å². The fraction of sp³-hybridized carbons (Fsp3) is 0.391. The molecule has 9 heteroatoms. The lowest BCUT2D eigenvalue weighted by atomic mass is 9.92. The normalized spacial score (nSPS) is 20.2. The van der Waals surface area contributed by atoms with Gasteiger partial charge in [0, 0.05) is 32.6 Å². The number of rotatable bonds is 5. The molecule has 2 saturated heterocycles. The molecule has 170 valence electrons. The third-order valence-electron chi connectivity index (χ3n) is 6.03. The van der Waals surface area contributed by atoms with Crippen molar-refractivity contribution in [2.75, 3.05) is 44.9 Å². The van der Waals surface area contributed by atoms with Crippen LogP contribution in [-0.2, 0) is 15.8 Å². The number of imide groups is 1. The van der Waals surface area contributed by atoms with Gasteiger partial charge in [0.1, 0.15) is 5.75 Å². The van der Waals surface area contributed by atoms with Crippen molar-refractivity contribution in [3.05, 3.63) is 59.7 Å². The first-order chi connectivity index (χ1) is 15.3. The first-order valence-electron chi connectivity index (χ1n) is 10.4. The lowest BCUT2D eigenvalue weighted by Crippen LogP contribution is -2.51. The number of nitrogens with zero attached hydrogens (tertiary/aromatic N) is 3. The van der Waals surface area contributed by atoms with E-state index in [9.17, 15) is 22.8 Å². The number of halogens is 3. The lowest BCUT2D eigenvalue weighted by molar-refractivity contribution is -0.141. The molecule has 4 rings (SSSR count). The molecule has 0 radical (unpaired) electrons. The zero-order valence-electron chi connectivity index (χ0n) is 17.6. The van der Waals surface area contributed by atoms with Crippen LogP contribution >= 0.6 is 0 Å². The Morgan fingerprint density at radius 1 is 0.969 bits per heavy atom. The van der Waals surface area contributed by atoms with E-state index in [2.05, 4.69) is 4.90 Å². The van der Waals surface area contributed by atoms with Crippen LogP contribution in [0.5, 0.6) is 5.75 Å². The zero-order chi connectivity index (χ0) is 22.9. The quantitative estimate of drug-likeness (QED) is 0.659. The van der Waals surface area contributed by atoms with Gasteiger partial charge in [0.25, 0.3) is 0 Å². The average molecular weight is 447 g/mol. The van der Waals surface area contributed by atoms with Crippen LogP contribution in [0, 0.1) is 0 Å². The van der Waals surface area contributed by atoms with Gasteiger partial charge in [0.05, 0.1) is 30.9 Å². The summed E-state index contributed by atoms with van der Waals surface area (Å²) in [5, 5.41) is 0. The number of anilines is 1. The number of amides is 2. The third-order valence-corrected chi connectivity index (χ3v) is 6.03. The summed E-state index contributed by atoms with van der Waals surface area (Å²) in [4.78, 5) is 30.7. The van der Waals surface area contributed by atoms with Gasteiger partial charge in [-0.2, -0.15) is 13.2 Å². The molecule has 2 fully saturated rings. The highest BCUT2D eigenvalue weighted by atomic mass is 19.4. The minimum atomic E-state index is -4.58. The second-order valence-corrected chi connectivity index (χ2v) is 7.92. The Balaban J connectivity index is 1.42. The van der Waals surface area contributed by atoms with E-state index in [0.717, 1.165) is 22.4 Å². The fourth-order valence-corrected chi connectivity index (χ4v) is 4.35. The van der Waals surface area contributed by atoms with Gasteiger partial charge in [-0.1, -0.05) is 30.3 Å². The second-order valence-electron chi connectivity index (χ2n) is 7.92. The SMILES string of the molecule is COc1ccccc1N1CCN(CN2C(=O)CC(c3ccccc3C(F)(F)F)C2=O)CC1. The Morgan fingerprint density at radius 2 is 1.62 bits per heavy atom. The number of carbonyl (C=O) groups is 2. The van der Waals surface area contributed by atoms with E-state index < -0.39 is 29.5 Å². The second kappa shape index (κ2) is 8.82. The van der Waals surface area contributed by atoms with Gasteiger partial charge in [-0.05, 0) is 23.8 Å². The molecule has 1 unspecified atom stereocenters. The van der Waals surface area contributed by atoms with Crippen molar-refractivity contribution in [3.8, 4) is 5.75 Å². The third kappa shape index (κ3) is 4.29. The van der Waals surface area contributed by atoms with Crippen LogP contribution in [0.4, 0.5) is 18.9 Å². The minimum Gasteiger partial charge on any atom is -0.495 e. The van der Waals surface area contributed by atoms with Gasteiger partial charge < -0.3 is 9.64 Å². The molecule has 1 atom stereocenters. The molecule has 0 N–H and O–H groups in total. The molecule has 2 aromatic rings. The summed E-state index contributed by atoms with van der Waals surface area (Å²) in [6.07, 6.45) is -4.82. The van der Waals surface area contributed by atoms with Gasteiger partial charge in [-0.25, -0.2) is 0 Å². The summed E-state index contributed by atoms with van der Waals surface area (Å²) in [6.45, 7) is 2.66.